The van der Waals surface area contributed by atoms with Crippen molar-refractivity contribution in [3.63, 3.8) is 0 Å². The molecule has 1 aromatic rings. The molecule has 1 amide bonds. The van der Waals surface area contributed by atoms with E-state index in [1.54, 1.807) is 19.1 Å². The number of hydrogen-bond acceptors (Lipinski definition) is 1. The standard InChI is InChI=1S/C10H11Cl2NO/c1-7(11)10(14)13-6-8-3-2-4-9(12)5-8/h2-5,7H,6H2,1H3,(H,13,14). The average molecular weight is 232 g/mol. The van der Waals surface area contributed by atoms with Crippen molar-refractivity contribution in [1.29, 1.82) is 0 Å². The Labute approximate surface area is 93.2 Å². The van der Waals surface area contributed by atoms with Crippen molar-refractivity contribution in [3.05, 3.63) is 34.9 Å². The third-order valence-corrected chi connectivity index (χ3v) is 2.15. The summed E-state index contributed by atoms with van der Waals surface area (Å²) in [5, 5.41) is 2.85. The van der Waals surface area contributed by atoms with E-state index >= 15 is 0 Å². The molecule has 0 aliphatic carbocycles. The second-order valence-corrected chi connectivity index (χ2v) is 4.05. The summed E-state index contributed by atoms with van der Waals surface area (Å²) in [6.07, 6.45) is 0. The van der Waals surface area contributed by atoms with Crippen molar-refractivity contribution in [2.45, 2.75) is 18.8 Å². The van der Waals surface area contributed by atoms with Gasteiger partial charge in [-0.1, -0.05) is 23.7 Å². The Balaban J connectivity index is 2.50. The molecule has 1 aromatic carbocycles. The molecule has 1 atom stereocenters. The van der Waals surface area contributed by atoms with Gasteiger partial charge in [-0.25, -0.2) is 0 Å². The molecule has 76 valence electrons. The summed E-state index contributed by atoms with van der Waals surface area (Å²) in [6, 6.07) is 7.33. The van der Waals surface area contributed by atoms with Crippen LogP contribution in [0.25, 0.3) is 0 Å². The van der Waals surface area contributed by atoms with Gasteiger partial charge in [-0.3, -0.25) is 4.79 Å². The van der Waals surface area contributed by atoms with E-state index in [1.807, 2.05) is 12.1 Å². The molecule has 0 bridgehead atoms. The first kappa shape index (κ1) is 11.3. The van der Waals surface area contributed by atoms with Gasteiger partial charge in [0.05, 0.1) is 0 Å². The number of amides is 1. The number of rotatable bonds is 3. The quantitative estimate of drug-likeness (QED) is 0.797. The minimum Gasteiger partial charge on any atom is -0.351 e. The first-order valence-electron chi connectivity index (χ1n) is 4.26. The van der Waals surface area contributed by atoms with E-state index in [2.05, 4.69) is 5.32 Å². The number of carbonyl (C=O) groups excluding carboxylic acids is 1. The topological polar surface area (TPSA) is 29.1 Å². The van der Waals surface area contributed by atoms with Crippen molar-refractivity contribution < 1.29 is 4.79 Å². The Bertz CT molecular complexity index is 326. The molecule has 4 heteroatoms. The van der Waals surface area contributed by atoms with E-state index in [0.717, 1.165) is 5.56 Å². The van der Waals surface area contributed by atoms with Crippen molar-refractivity contribution in [2.75, 3.05) is 0 Å². The third kappa shape index (κ3) is 3.56. The van der Waals surface area contributed by atoms with E-state index in [1.165, 1.54) is 0 Å². The highest BCUT2D eigenvalue weighted by molar-refractivity contribution is 6.30. The zero-order valence-corrected chi connectivity index (χ0v) is 9.27. The number of halogens is 2. The molecule has 0 aliphatic heterocycles. The molecule has 0 aliphatic rings. The van der Waals surface area contributed by atoms with Gasteiger partial charge >= 0.3 is 0 Å². The molecular formula is C10H11Cl2NO. The molecule has 1 N–H and O–H groups in total. The van der Waals surface area contributed by atoms with Crippen molar-refractivity contribution in [1.82, 2.24) is 5.32 Å². The van der Waals surface area contributed by atoms with Crippen LogP contribution in [0.4, 0.5) is 0 Å². The summed E-state index contributed by atoms with van der Waals surface area (Å²) in [6.45, 7) is 2.09. The van der Waals surface area contributed by atoms with Gasteiger partial charge in [-0.05, 0) is 24.6 Å². The number of nitrogens with one attached hydrogen (secondary N) is 1. The maximum atomic E-state index is 11.1. The fraction of sp³-hybridized carbons (Fsp3) is 0.300. The Kier molecular flexibility index (Phi) is 4.23. The first-order valence-corrected chi connectivity index (χ1v) is 5.07. The maximum Gasteiger partial charge on any atom is 0.238 e. The van der Waals surface area contributed by atoms with Gasteiger partial charge in [0.25, 0.3) is 0 Å². The molecule has 0 fully saturated rings. The normalized spacial score (nSPS) is 12.2. The number of hydrogen-bond donors (Lipinski definition) is 1. The van der Waals surface area contributed by atoms with E-state index in [4.69, 9.17) is 23.2 Å². The molecule has 1 unspecified atom stereocenters. The minimum atomic E-state index is -0.505. The lowest BCUT2D eigenvalue weighted by atomic mass is 10.2. The summed E-state index contributed by atoms with van der Waals surface area (Å²) in [5.41, 5.74) is 0.961. The molecule has 1 rings (SSSR count). The minimum absolute atomic E-state index is 0.174. The zero-order chi connectivity index (χ0) is 10.6. The van der Waals surface area contributed by atoms with E-state index < -0.39 is 5.38 Å². The number of alkyl halides is 1. The maximum absolute atomic E-state index is 11.1. The second-order valence-electron chi connectivity index (χ2n) is 2.96. The van der Waals surface area contributed by atoms with Crippen LogP contribution in [0.1, 0.15) is 12.5 Å². The Hall–Kier alpha value is -0.730. The van der Waals surface area contributed by atoms with Gasteiger partial charge in [0, 0.05) is 11.6 Å². The average Bonchev–Trinajstić information content (AvgIpc) is 2.14. The fourth-order valence-electron chi connectivity index (χ4n) is 0.977. The van der Waals surface area contributed by atoms with Crippen LogP contribution in [0.2, 0.25) is 5.02 Å². The predicted octanol–water partition coefficient (Wildman–Crippen LogP) is 2.58. The van der Waals surface area contributed by atoms with Crippen LogP contribution >= 0.6 is 23.2 Å². The van der Waals surface area contributed by atoms with Gasteiger partial charge in [0.15, 0.2) is 0 Å². The lowest BCUT2D eigenvalue weighted by Crippen LogP contribution is -2.28. The summed E-state index contributed by atoms with van der Waals surface area (Å²) in [4.78, 5) is 11.1. The smallest absolute Gasteiger partial charge is 0.238 e. The van der Waals surface area contributed by atoms with Crippen LogP contribution in [0.5, 0.6) is 0 Å². The Morgan fingerprint density at radius 1 is 1.57 bits per heavy atom. The van der Waals surface area contributed by atoms with Crippen LogP contribution in [-0.4, -0.2) is 11.3 Å². The molecule has 0 saturated carbocycles. The number of carbonyl (C=O) groups is 1. The third-order valence-electron chi connectivity index (χ3n) is 1.72. The van der Waals surface area contributed by atoms with E-state index in [9.17, 15) is 4.79 Å². The summed E-state index contributed by atoms with van der Waals surface area (Å²) >= 11 is 11.4. The molecule has 0 aromatic heterocycles. The molecule has 0 radical (unpaired) electrons. The summed E-state index contributed by atoms with van der Waals surface area (Å²) in [7, 11) is 0. The van der Waals surface area contributed by atoms with Crippen LogP contribution in [-0.2, 0) is 11.3 Å². The molecule has 0 heterocycles. The molecule has 2 nitrogen and oxygen atoms in total. The van der Waals surface area contributed by atoms with E-state index in [-0.39, 0.29) is 5.91 Å². The SMILES string of the molecule is CC(Cl)C(=O)NCc1cccc(Cl)c1. The summed E-state index contributed by atoms with van der Waals surface area (Å²) in [5.74, 6) is -0.174. The zero-order valence-electron chi connectivity index (χ0n) is 7.76. The highest BCUT2D eigenvalue weighted by Crippen LogP contribution is 2.10. The van der Waals surface area contributed by atoms with Gasteiger partial charge < -0.3 is 5.32 Å². The van der Waals surface area contributed by atoms with Crippen molar-refractivity contribution in [3.8, 4) is 0 Å². The van der Waals surface area contributed by atoms with Gasteiger partial charge in [-0.15, -0.1) is 11.6 Å². The van der Waals surface area contributed by atoms with Crippen LogP contribution < -0.4 is 5.32 Å². The lowest BCUT2D eigenvalue weighted by Gasteiger charge is -2.06. The van der Waals surface area contributed by atoms with Crippen molar-refractivity contribution in [2.24, 2.45) is 0 Å². The second kappa shape index (κ2) is 5.23. The van der Waals surface area contributed by atoms with Crippen LogP contribution in [0, 0.1) is 0 Å². The highest BCUT2D eigenvalue weighted by atomic mass is 35.5. The molecular weight excluding hydrogens is 221 g/mol. The Morgan fingerprint density at radius 3 is 2.86 bits per heavy atom. The van der Waals surface area contributed by atoms with Crippen LogP contribution in [0.3, 0.4) is 0 Å². The van der Waals surface area contributed by atoms with Crippen LogP contribution in [0.15, 0.2) is 24.3 Å². The molecule has 14 heavy (non-hydrogen) atoms. The predicted molar refractivity (Wildman–Crippen MR) is 58.6 cm³/mol. The van der Waals surface area contributed by atoms with Crippen molar-refractivity contribution >= 4 is 29.1 Å². The highest BCUT2D eigenvalue weighted by Gasteiger charge is 2.07. The lowest BCUT2D eigenvalue weighted by molar-refractivity contribution is -0.120. The molecule has 0 spiro atoms. The summed E-state index contributed by atoms with van der Waals surface area (Å²) < 4.78 is 0. The van der Waals surface area contributed by atoms with E-state index in [0.29, 0.717) is 11.6 Å². The largest absolute Gasteiger partial charge is 0.351 e. The molecule has 0 saturated heterocycles. The van der Waals surface area contributed by atoms with Gasteiger partial charge in [0.2, 0.25) is 5.91 Å². The first-order chi connectivity index (χ1) is 6.59. The Morgan fingerprint density at radius 2 is 2.29 bits per heavy atom. The van der Waals surface area contributed by atoms with Gasteiger partial charge in [0.1, 0.15) is 5.38 Å². The number of benzene rings is 1. The fourth-order valence-corrected chi connectivity index (χ4v) is 1.27. The monoisotopic (exact) mass is 231 g/mol. The van der Waals surface area contributed by atoms with Gasteiger partial charge in [-0.2, -0.15) is 0 Å².